The van der Waals surface area contributed by atoms with E-state index >= 15 is 0 Å². The van der Waals surface area contributed by atoms with Crippen molar-refractivity contribution in [2.45, 2.75) is 39.9 Å². The van der Waals surface area contributed by atoms with Crippen LogP contribution in [0.1, 0.15) is 26.3 Å². The van der Waals surface area contributed by atoms with Gasteiger partial charge in [0.1, 0.15) is 0 Å². The minimum Gasteiger partial charge on any atom is -0.395 e. The van der Waals surface area contributed by atoms with Crippen molar-refractivity contribution in [3.05, 3.63) is 35.9 Å². The summed E-state index contributed by atoms with van der Waals surface area (Å²) in [5.74, 6) is 0.563. The fourth-order valence-corrected chi connectivity index (χ4v) is 5.48. The zero-order valence-corrected chi connectivity index (χ0v) is 14.3. The SMILES string of the molecule is CCO[Si](C)(CC(C)CNCc1ccccc1)OCC. The van der Waals surface area contributed by atoms with Crippen LogP contribution < -0.4 is 5.32 Å². The highest BCUT2D eigenvalue weighted by atomic mass is 28.4. The zero-order chi connectivity index (χ0) is 14.8. The lowest BCUT2D eigenvalue weighted by Crippen LogP contribution is -2.41. The topological polar surface area (TPSA) is 30.5 Å². The van der Waals surface area contributed by atoms with E-state index in [1.54, 1.807) is 0 Å². The van der Waals surface area contributed by atoms with E-state index in [1.165, 1.54) is 5.56 Å². The molecule has 114 valence electrons. The van der Waals surface area contributed by atoms with Crippen LogP contribution in [-0.4, -0.2) is 28.3 Å². The molecule has 0 bridgehead atoms. The first-order valence-electron chi connectivity index (χ1n) is 7.62. The predicted molar refractivity (Wildman–Crippen MR) is 87.0 cm³/mol. The molecule has 1 rings (SSSR count). The summed E-state index contributed by atoms with van der Waals surface area (Å²) in [4.78, 5) is 0. The third-order valence-electron chi connectivity index (χ3n) is 3.28. The van der Waals surface area contributed by atoms with E-state index in [2.05, 4.69) is 43.1 Å². The van der Waals surface area contributed by atoms with Gasteiger partial charge in [-0.2, -0.15) is 0 Å². The molecule has 0 spiro atoms. The Morgan fingerprint density at radius 1 is 1.10 bits per heavy atom. The quantitative estimate of drug-likeness (QED) is 0.670. The van der Waals surface area contributed by atoms with Gasteiger partial charge in [0.2, 0.25) is 0 Å². The first-order chi connectivity index (χ1) is 9.59. The summed E-state index contributed by atoms with van der Waals surface area (Å²) in [5, 5.41) is 3.52. The van der Waals surface area contributed by atoms with Gasteiger partial charge in [-0.15, -0.1) is 0 Å². The Morgan fingerprint density at radius 3 is 2.25 bits per heavy atom. The molecule has 0 aromatic heterocycles. The van der Waals surface area contributed by atoms with E-state index in [0.717, 1.165) is 32.3 Å². The Bertz CT molecular complexity index is 353. The monoisotopic (exact) mass is 295 g/mol. The molecule has 1 N–H and O–H groups in total. The van der Waals surface area contributed by atoms with Crippen molar-refractivity contribution in [3.8, 4) is 0 Å². The fraction of sp³-hybridized carbons (Fsp3) is 0.625. The van der Waals surface area contributed by atoms with Gasteiger partial charge in [0.15, 0.2) is 0 Å². The highest BCUT2D eigenvalue weighted by Crippen LogP contribution is 2.19. The molecule has 0 saturated carbocycles. The molecule has 1 aromatic rings. The van der Waals surface area contributed by atoms with E-state index in [-0.39, 0.29) is 0 Å². The molecule has 0 aliphatic carbocycles. The molecule has 0 radical (unpaired) electrons. The summed E-state index contributed by atoms with van der Waals surface area (Å²) in [5.41, 5.74) is 1.33. The number of rotatable bonds is 10. The van der Waals surface area contributed by atoms with Gasteiger partial charge in [-0.05, 0) is 44.5 Å². The maximum atomic E-state index is 5.89. The molecule has 3 nitrogen and oxygen atoms in total. The van der Waals surface area contributed by atoms with Crippen LogP contribution in [0.2, 0.25) is 12.6 Å². The molecule has 4 heteroatoms. The van der Waals surface area contributed by atoms with E-state index in [1.807, 2.05) is 19.9 Å². The molecule has 0 fully saturated rings. The van der Waals surface area contributed by atoms with E-state index in [9.17, 15) is 0 Å². The molecule has 20 heavy (non-hydrogen) atoms. The normalized spacial score (nSPS) is 13.4. The minimum absolute atomic E-state index is 0.563. The molecule has 0 amide bonds. The predicted octanol–water partition coefficient (Wildman–Crippen LogP) is 3.56. The molecule has 0 aliphatic heterocycles. The first kappa shape index (κ1) is 17.4. The highest BCUT2D eigenvalue weighted by Gasteiger charge is 2.32. The Morgan fingerprint density at radius 2 is 1.70 bits per heavy atom. The molecule has 1 unspecified atom stereocenters. The Labute approximate surface area is 124 Å². The van der Waals surface area contributed by atoms with Gasteiger partial charge >= 0.3 is 8.56 Å². The summed E-state index contributed by atoms with van der Waals surface area (Å²) in [6.45, 7) is 11.9. The smallest absolute Gasteiger partial charge is 0.335 e. The third kappa shape index (κ3) is 6.66. The maximum Gasteiger partial charge on any atom is 0.335 e. The highest BCUT2D eigenvalue weighted by molar-refractivity contribution is 6.66. The summed E-state index contributed by atoms with van der Waals surface area (Å²) in [7, 11) is -1.98. The van der Waals surface area contributed by atoms with Crippen LogP contribution in [0, 0.1) is 5.92 Å². The number of hydrogen-bond donors (Lipinski definition) is 1. The van der Waals surface area contributed by atoms with Crippen molar-refractivity contribution < 1.29 is 8.85 Å². The number of benzene rings is 1. The van der Waals surface area contributed by atoms with Crippen LogP contribution in [0.5, 0.6) is 0 Å². The Kier molecular flexibility index (Phi) is 8.07. The first-order valence-corrected chi connectivity index (χ1v) is 10.1. The molecule has 0 aliphatic rings. The lowest BCUT2D eigenvalue weighted by molar-refractivity contribution is 0.184. The van der Waals surface area contributed by atoms with Crippen molar-refractivity contribution >= 4 is 8.56 Å². The van der Waals surface area contributed by atoms with Gasteiger partial charge in [-0.25, -0.2) is 0 Å². The van der Waals surface area contributed by atoms with Crippen LogP contribution in [0.3, 0.4) is 0 Å². The maximum absolute atomic E-state index is 5.89. The molecule has 1 atom stereocenters. The van der Waals surface area contributed by atoms with Crippen LogP contribution in [-0.2, 0) is 15.4 Å². The van der Waals surface area contributed by atoms with E-state index in [0.29, 0.717) is 5.92 Å². The lowest BCUT2D eigenvalue weighted by Gasteiger charge is -2.28. The number of hydrogen-bond acceptors (Lipinski definition) is 3. The standard InChI is InChI=1S/C16H29NO2Si/c1-5-18-20(4,19-6-2)14-15(3)12-17-13-16-10-8-7-9-11-16/h7-11,15,17H,5-6,12-14H2,1-4H3. The van der Waals surface area contributed by atoms with Crippen LogP contribution in [0.25, 0.3) is 0 Å². The van der Waals surface area contributed by atoms with Gasteiger partial charge < -0.3 is 14.2 Å². The van der Waals surface area contributed by atoms with E-state index in [4.69, 9.17) is 8.85 Å². The van der Waals surface area contributed by atoms with Crippen molar-refractivity contribution in [3.63, 3.8) is 0 Å². The molecule has 0 saturated heterocycles. The lowest BCUT2D eigenvalue weighted by atomic mass is 10.2. The summed E-state index contributed by atoms with van der Waals surface area (Å²) in [6, 6.07) is 11.5. The molecule has 1 aromatic carbocycles. The summed E-state index contributed by atoms with van der Waals surface area (Å²) >= 11 is 0. The molecule has 0 heterocycles. The Hall–Kier alpha value is -0.683. The summed E-state index contributed by atoms with van der Waals surface area (Å²) in [6.07, 6.45) is 0. The largest absolute Gasteiger partial charge is 0.395 e. The van der Waals surface area contributed by atoms with Crippen molar-refractivity contribution in [2.75, 3.05) is 19.8 Å². The van der Waals surface area contributed by atoms with E-state index < -0.39 is 8.56 Å². The second-order valence-electron chi connectivity index (χ2n) is 5.43. The van der Waals surface area contributed by atoms with Gasteiger partial charge in [-0.3, -0.25) is 0 Å². The molecular weight excluding hydrogens is 266 g/mol. The average molecular weight is 295 g/mol. The second kappa shape index (κ2) is 9.29. The second-order valence-corrected chi connectivity index (χ2v) is 8.68. The Balaban J connectivity index is 2.32. The van der Waals surface area contributed by atoms with Gasteiger partial charge in [0.05, 0.1) is 0 Å². The van der Waals surface area contributed by atoms with Crippen molar-refractivity contribution in [1.82, 2.24) is 5.32 Å². The van der Waals surface area contributed by atoms with Crippen molar-refractivity contribution in [1.29, 1.82) is 0 Å². The number of nitrogens with one attached hydrogen (secondary N) is 1. The zero-order valence-electron chi connectivity index (χ0n) is 13.3. The average Bonchev–Trinajstić information content (AvgIpc) is 2.40. The van der Waals surface area contributed by atoms with Crippen LogP contribution in [0.15, 0.2) is 30.3 Å². The minimum atomic E-state index is -1.98. The third-order valence-corrected chi connectivity index (χ3v) is 6.52. The van der Waals surface area contributed by atoms with Crippen LogP contribution >= 0.6 is 0 Å². The van der Waals surface area contributed by atoms with Gasteiger partial charge in [0, 0.05) is 19.8 Å². The van der Waals surface area contributed by atoms with Crippen molar-refractivity contribution in [2.24, 2.45) is 5.92 Å². The summed E-state index contributed by atoms with van der Waals surface area (Å²) < 4.78 is 11.8. The molecular formula is C16H29NO2Si. The van der Waals surface area contributed by atoms with Gasteiger partial charge in [0.25, 0.3) is 0 Å². The fourth-order valence-electron chi connectivity index (χ4n) is 2.53. The van der Waals surface area contributed by atoms with Crippen LogP contribution in [0.4, 0.5) is 0 Å². The van der Waals surface area contributed by atoms with Gasteiger partial charge in [-0.1, -0.05) is 37.3 Å².